The van der Waals surface area contributed by atoms with Gasteiger partial charge in [0, 0.05) is 30.8 Å². The van der Waals surface area contributed by atoms with Gasteiger partial charge in [-0.1, -0.05) is 0 Å². The molecule has 0 saturated carbocycles. The van der Waals surface area contributed by atoms with Crippen molar-refractivity contribution in [2.75, 3.05) is 17.3 Å². The zero-order valence-corrected chi connectivity index (χ0v) is 18.7. The van der Waals surface area contributed by atoms with Crippen LogP contribution in [-0.2, 0) is 17.5 Å². The van der Waals surface area contributed by atoms with E-state index in [9.17, 15) is 22.8 Å². The SMILES string of the molecule is C[C@H](Nc1cc(C(N)=O)nc(-c2ccc3c(c2)CN(C)c2cc(C(F)(F)F)ccc2O3)n1)C(N)=O. The maximum atomic E-state index is 13.2. The predicted octanol–water partition coefficient (Wildman–Crippen LogP) is 3.29. The van der Waals surface area contributed by atoms with Crippen molar-refractivity contribution in [3.63, 3.8) is 0 Å². The number of rotatable bonds is 5. The van der Waals surface area contributed by atoms with E-state index < -0.39 is 29.6 Å². The van der Waals surface area contributed by atoms with Crippen molar-refractivity contribution in [2.45, 2.75) is 25.7 Å². The van der Waals surface area contributed by atoms with Crippen LogP contribution in [0.2, 0.25) is 0 Å². The van der Waals surface area contributed by atoms with Gasteiger partial charge in [-0.05, 0) is 43.3 Å². The van der Waals surface area contributed by atoms with E-state index in [1.54, 1.807) is 30.1 Å². The van der Waals surface area contributed by atoms with Crippen LogP contribution >= 0.6 is 0 Å². The highest BCUT2D eigenvalue weighted by Gasteiger charge is 2.32. The Labute approximate surface area is 197 Å². The minimum Gasteiger partial charge on any atom is -0.455 e. The van der Waals surface area contributed by atoms with E-state index in [4.69, 9.17) is 16.2 Å². The summed E-state index contributed by atoms with van der Waals surface area (Å²) in [5, 5.41) is 2.80. The molecule has 4 rings (SSSR count). The Morgan fingerprint density at radius 3 is 2.46 bits per heavy atom. The van der Waals surface area contributed by atoms with E-state index >= 15 is 0 Å². The predicted molar refractivity (Wildman–Crippen MR) is 122 cm³/mol. The maximum Gasteiger partial charge on any atom is 0.416 e. The molecule has 1 aromatic heterocycles. The van der Waals surface area contributed by atoms with Crippen molar-refractivity contribution in [2.24, 2.45) is 11.5 Å². The lowest BCUT2D eigenvalue weighted by Gasteiger charge is -2.19. The maximum absolute atomic E-state index is 13.2. The topological polar surface area (TPSA) is 136 Å². The lowest BCUT2D eigenvalue weighted by Crippen LogP contribution is -2.33. The Morgan fingerprint density at radius 1 is 1.09 bits per heavy atom. The van der Waals surface area contributed by atoms with Gasteiger partial charge in [-0.15, -0.1) is 0 Å². The molecule has 182 valence electrons. The smallest absolute Gasteiger partial charge is 0.416 e. The molecule has 0 fully saturated rings. The summed E-state index contributed by atoms with van der Waals surface area (Å²) in [6.45, 7) is 1.77. The average Bonchev–Trinajstić information content (AvgIpc) is 2.92. The fourth-order valence-corrected chi connectivity index (χ4v) is 3.55. The van der Waals surface area contributed by atoms with Gasteiger partial charge >= 0.3 is 6.18 Å². The summed E-state index contributed by atoms with van der Waals surface area (Å²) < 4.78 is 45.5. The Hall–Kier alpha value is -4.35. The summed E-state index contributed by atoms with van der Waals surface area (Å²) in [5.74, 6) is -0.365. The number of nitrogens with one attached hydrogen (secondary N) is 1. The van der Waals surface area contributed by atoms with Crippen LogP contribution in [0.1, 0.15) is 28.5 Å². The van der Waals surface area contributed by atoms with Gasteiger partial charge < -0.3 is 26.4 Å². The molecule has 2 heterocycles. The number of benzene rings is 2. The molecule has 2 aromatic carbocycles. The molecular weight excluding hydrogens is 465 g/mol. The molecule has 2 amide bonds. The summed E-state index contributed by atoms with van der Waals surface area (Å²) in [4.78, 5) is 33.4. The Balaban J connectivity index is 1.72. The monoisotopic (exact) mass is 486 g/mol. The van der Waals surface area contributed by atoms with Gasteiger partial charge in [0.15, 0.2) is 11.6 Å². The molecular formula is C23H21F3N6O3. The molecule has 3 aromatic rings. The molecule has 0 saturated heterocycles. The zero-order valence-electron chi connectivity index (χ0n) is 18.7. The van der Waals surface area contributed by atoms with E-state index in [-0.39, 0.29) is 35.3 Å². The third kappa shape index (κ3) is 4.95. The number of carbonyl (C=O) groups excluding carboxylic acids is 2. The number of aromatic nitrogens is 2. The average molecular weight is 486 g/mol. The second kappa shape index (κ2) is 8.78. The van der Waals surface area contributed by atoms with Crippen LogP contribution in [0.25, 0.3) is 11.4 Å². The number of nitrogens with zero attached hydrogens (tertiary/aromatic N) is 3. The van der Waals surface area contributed by atoms with Crippen molar-refractivity contribution in [3.05, 3.63) is 59.3 Å². The van der Waals surface area contributed by atoms with E-state index in [2.05, 4.69) is 15.3 Å². The van der Waals surface area contributed by atoms with Crippen molar-refractivity contribution in [1.29, 1.82) is 0 Å². The van der Waals surface area contributed by atoms with E-state index in [1.807, 2.05) is 0 Å². The van der Waals surface area contributed by atoms with Crippen molar-refractivity contribution < 1.29 is 27.5 Å². The Bertz CT molecular complexity index is 1330. The Morgan fingerprint density at radius 2 is 1.80 bits per heavy atom. The normalized spacial score (nSPS) is 13.7. The molecule has 0 spiro atoms. The molecule has 0 unspecified atom stereocenters. The summed E-state index contributed by atoms with van der Waals surface area (Å²) >= 11 is 0. The lowest BCUT2D eigenvalue weighted by atomic mass is 10.1. The van der Waals surface area contributed by atoms with Gasteiger partial charge in [-0.25, -0.2) is 9.97 Å². The number of ether oxygens (including phenoxy) is 1. The quantitative estimate of drug-likeness (QED) is 0.503. The molecule has 0 aliphatic carbocycles. The molecule has 9 nitrogen and oxygen atoms in total. The van der Waals surface area contributed by atoms with Crippen LogP contribution in [0.3, 0.4) is 0 Å². The minimum atomic E-state index is -4.48. The van der Waals surface area contributed by atoms with Crippen LogP contribution in [-0.4, -0.2) is 34.9 Å². The van der Waals surface area contributed by atoms with Gasteiger partial charge in [0.1, 0.15) is 23.3 Å². The van der Waals surface area contributed by atoms with Crippen LogP contribution in [0.15, 0.2) is 42.5 Å². The second-order valence-corrected chi connectivity index (χ2v) is 8.06. The number of alkyl halides is 3. The number of primary amides is 2. The lowest BCUT2D eigenvalue weighted by molar-refractivity contribution is -0.137. The number of carbonyl (C=O) groups is 2. The third-order valence-corrected chi connectivity index (χ3v) is 5.41. The summed E-state index contributed by atoms with van der Waals surface area (Å²) in [5.41, 5.74) is 11.3. The van der Waals surface area contributed by atoms with Gasteiger partial charge in [-0.3, -0.25) is 9.59 Å². The zero-order chi connectivity index (χ0) is 25.5. The molecule has 1 atom stereocenters. The standard InChI is InChI=1S/C23H21F3N6O3/c1-11(20(27)33)29-19-9-15(21(28)34)30-22(31-19)12-3-5-17-13(7-12)10-32(2)16-8-14(23(24,25)26)4-6-18(16)35-17/h3-9,11H,10H2,1-2H3,(H2,27,33)(H2,28,34)(H,29,30,31)/t11-/m0/s1. The minimum absolute atomic E-state index is 0.0791. The number of nitrogens with two attached hydrogens (primary N) is 2. The molecule has 0 bridgehead atoms. The number of halogens is 3. The molecule has 1 aliphatic heterocycles. The number of fused-ring (bicyclic) bond motifs is 2. The number of hydrogen-bond donors (Lipinski definition) is 3. The molecule has 5 N–H and O–H groups in total. The van der Waals surface area contributed by atoms with Crippen molar-refractivity contribution in [3.8, 4) is 22.9 Å². The van der Waals surface area contributed by atoms with Crippen LogP contribution in [0.4, 0.5) is 24.7 Å². The van der Waals surface area contributed by atoms with Gasteiger partial charge in [0.05, 0.1) is 11.3 Å². The summed E-state index contributed by atoms with van der Waals surface area (Å²) in [7, 11) is 1.65. The van der Waals surface area contributed by atoms with Gasteiger partial charge in [-0.2, -0.15) is 13.2 Å². The van der Waals surface area contributed by atoms with Crippen molar-refractivity contribution >= 4 is 23.3 Å². The number of hydrogen-bond acceptors (Lipinski definition) is 7. The van der Waals surface area contributed by atoms with Crippen LogP contribution < -0.4 is 26.4 Å². The largest absolute Gasteiger partial charge is 0.455 e. The van der Waals surface area contributed by atoms with E-state index in [1.165, 1.54) is 19.1 Å². The highest BCUT2D eigenvalue weighted by atomic mass is 19.4. The number of anilines is 2. The molecule has 0 radical (unpaired) electrons. The van der Waals surface area contributed by atoms with Gasteiger partial charge in [0.25, 0.3) is 5.91 Å². The van der Waals surface area contributed by atoms with E-state index in [0.29, 0.717) is 16.9 Å². The first-order valence-corrected chi connectivity index (χ1v) is 10.4. The first-order valence-electron chi connectivity index (χ1n) is 10.4. The Kier molecular flexibility index (Phi) is 5.97. The van der Waals surface area contributed by atoms with E-state index in [0.717, 1.165) is 12.1 Å². The van der Waals surface area contributed by atoms with Gasteiger partial charge in [0.2, 0.25) is 5.91 Å². The first-order chi connectivity index (χ1) is 16.4. The first kappa shape index (κ1) is 23.8. The second-order valence-electron chi connectivity index (χ2n) is 8.06. The fraction of sp³-hybridized carbons (Fsp3) is 0.217. The third-order valence-electron chi connectivity index (χ3n) is 5.41. The highest BCUT2D eigenvalue weighted by Crippen LogP contribution is 2.42. The van der Waals surface area contributed by atoms with Crippen LogP contribution in [0.5, 0.6) is 11.5 Å². The number of amides is 2. The molecule has 1 aliphatic rings. The molecule has 35 heavy (non-hydrogen) atoms. The summed E-state index contributed by atoms with van der Waals surface area (Å²) in [6.07, 6.45) is -4.48. The highest BCUT2D eigenvalue weighted by molar-refractivity contribution is 5.92. The summed E-state index contributed by atoms with van der Waals surface area (Å²) in [6, 6.07) is 8.84. The fourth-order valence-electron chi connectivity index (χ4n) is 3.55. The molecule has 12 heteroatoms. The van der Waals surface area contributed by atoms with Crippen molar-refractivity contribution in [1.82, 2.24) is 9.97 Å². The van der Waals surface area contributed by atoms with Crippen LogP contribution in [0, 0.1) is 0 Å².